The molecule has 4 nitrogen and oxygen atoms in total. The Morgan fingerprint density at radius 1 is 1.31 bits per heavy atom. The molecule has 0 aromatic rings. The van der Waals surface area contributed by atoms with E-state index in [1.807, 2.05) is 11.8 Å². The highest BCUT2D eigenvalue weighted by molar-refractivity contribution is 5.69. The predicted molar refractivity (Wildman–Crippen MR) is 62.4 cm³/mol. The van der Waals surface area contributed by atoms with Crippen molar-refractivity contribution in [3.8, 4) is 0 Å². The summed E-state index contributed by atoms with van der Waals surface area (Å²) in [4.78, 5) is 16.3. The molecule has 4 heteroatoms. The number of piperazine rings is 1. The van der Waals surface area contributed by atoms with Crippen molar-refractivity contribution in [1.29, 1.82) is 0 Å². The van der Waals surface area contributed by atoms with Gasteiger partial charge < -0.3 is 4.74 Å². The van der Waals surface area contributed by atoms with Gasteiger partial charge in [-0.1, -0.05) is 0 Å². The Balaban J connectivity index is 2.02. The van der Waals surface area contributed by atoms with Crippen molar-refractivity contribution in [1.82, 2.24) is 9.80 Å². The van der Waals surface area contributed by atoms with Gasteiger partial charge in [-0.15, -0.1) is 0 Å². The molecule has 0 aliphatic carbocycles. The van der Waals surface area contributed by atoms with Crippen molar-refractivity contribution < 1.29 is 9.53 Å². The molecule has 2 fully saturated rings. The van der Waals surface area contributed by atoms with Crippen molar-refractivity contribution in [2.45, 2.75) is 51.7 Å². The van der Waals surface area contributed by atoms with Crippen molar-refractivity contribution in [2.75, 3.05) is 19.7 Å². The third kappa shape index (κ3) is 2.03. The number of carbonyl (C=O) groups excluding carboxylic acids is 1. The molecule has 0 N–H and O–H groups in total. The first-order valence-electron chi connectivity index (χ1n) is 6.32. The van der Waals surface area contributed by atoms with Crippen LogP contribution in [0, 0.1) is 0 Å². The van der Waals surface area contributed by atoms with Gasteiger partial charge in [0.1, 0.15) is 0 Å². The van der Waals surface area contributed by atoms with Crippen LogP contribution in [0.1, 0.15) is 33.6 Å². The number of nitrogens with zero attached hydrogens (tertiary/aromatic N) is 2. The Morgan fingerprint density at radius 3 is 2.31 bits per heavy atom. The number of rotatable bonds is 2. The van der Waals surface area contributed by atoms with E-state index < -0.39 is 0 Å². The molecule has 2 heterocycles. The van der Waals surface area contributed by atoms with Gasteiger partial charge >= 0.3 is 6.09 Å². The maximum atomic E-state index is 11.8. The molecule has 0 aromatic heterocycles. The van der Waals surface area contributed by atoms with Crippen LogP contribution in [0.4, 0.5) is 4.79 Å². The van der Waals surface area contributed by atoms with Crippen LogP contribution >= 0.6 is 0 Å². The number of ether oxygens (including phenoxy) is 1. The first kappa shape index (κ1) is 11.7. The van der Waals surface area contributed by atoms with Gasteiger partial charge in [-0.2, -0.15) is 0 Å². The largest absolute Gasteiger partial charge is 0.450 e. The monoisotopic (exact) mass is 226 g/mol. The minimum absolute atomic E-state index is 0.113. The van der Waals surface area contributed by atoms with Gasteiger partial charge in [0.25, 0.3) is 0 Å². The summed E-state index contributed by atoms with van der Waals surface area (Å²) >= 11 is 0. The van der Waals surface area contributed by atoms with E-state index in [2.05, 4.69) is 18.7 Å². The van der Waals surface area contributed by atoms with Crippen LogP contribution in [0.3, 0.4) is 0 Å². The van der Waals surface area contributed by atoms with Crippen molar-refractivity contribution in [2.24, 2.45) is 0 Å². The minimum Gasteiger partial charge on any atom is -0.450 e. The third-order valence-corrected chi connectivity index (χ3v) is 3.72. The number of likely N-dealkylation sites (tertiary alicyclic amines) is 1. The van der Waals surface area contributed by atoms with Crippen molar-refractivity contribution in [3.63, 3.8) is 0 Å². The molecule has 2 rings (SSSR count). The highest BCUT2D eigenvalue weighted by Gasteiger charge is 2.43. The first-order chi connectivity index (χ1) is 7.63. The molecule has 0 aromatic carbocycles. The summed E-state index contributed by atoms with van der Waals surface area (Å²) in [5.74, 6) is 0. The van der Waals surface area contributed by atoms with Gasteiger partial charge in [-0.05, 0) is 33.6 Å². The van der Waals surface area contributed by atoms with E-state index >= 15 is 0 Å². The van der Waals surface area contributed by atoms with Gasteiger partial charge in [0.15, 0.2) is 0 Å². The smallest absolute Gasteiger partial charge is 0.410 e. The maximum Gasteiger partial charge on any atom is 0.410 e. The van der Waals surface area contributed by atoms with Crippen LogP contribution in [-0.2, 0) is 4.74 Å². The zero-order valence-corrected chi connectivity index (χ0v) is 10.5. The zero-order chi connectivity index (χ0) is 11.7. The van der Waals surface area contributed by atoms with E-state index in [9.17, 15) is 4.79 Å². The highest BCUT2D eigenvalue weighted by atomic mass is 16.6. The summed E-state index contributed by atoms with van der Waals surface area (Å²) in [5, 5.41) is 0. The van der Waals surface area contributed by atoms with Crippen molar-refractivity contribution >= 4 is 6.09 Å². The Kier molecular flexibility index (Phi) is 3.38. The molecule has 0 saturated carbocycles. The van der Waals surface area contributed by atoms with E-state index in [1.54, 1.807) is 0 Å². The van der Waals surface area contributed by atoms with Gasteiger partial charge in [0, 0.05) is 31.2 Å². The Bertz CT molecular complexity index is 254. The molecule has 2 bridgehead atoms. The normalized spacial score (nSPS) is 29.9. The Hall–Kier alpha value is -0.770. The number of amides is 1. The maximum absolute atomic E-state index is 11.8. The molecule has 0 radical (unpaired) electrons. The first-order valence-corrected chi connectivity index (χ1v) is 6.32. The average molecular weight is 226 g/mol. The molecule has 2 unspecified atom stereocenters. The second kappa shape index (κ2) is 4.62. The lowest BCUT2D eigenvalue weighted by Gasteiger charge is -2.42. The van der Waals surface area contributed by atoms with Gasteiger partial charge in [-0.3, -0.25) is 9.80 Å². The SMILES string of the molecule is CCOC(=O)N1C2CCC1CN(C(C)C)C2. The lowest BCUT2D eigenvalue weighted by Crippen LogP contribution is -2.57. The quantitative estimate of drug-likeness (QED) is 0.718. The molecule has 92 valence electrons. The summed E-state index contributed by atoms with van der Waals surface area (Å²) in [7, 11) is 0. The fourth-order valence-electron chi connectivity index (χ4n) is 2.85. The fourth-order valence-corrected chi connectivity index (χ4v) is 2.85. The molecule has 2 atom stereocenters. The number of hydrogen-bond donors (Lipinski definition) is 0. The van der Waals surface area contributed by atoms with Crippen LogP contribution in [0.25, 0.3) is 0 Å². The van der Waals surface area contributed by atoms with Gasteiger partial charge in [0.05, 0.1) is 6.61 Å². The Morgan fingerprint density at radius 2 is 1.88 bits per heavy atom. The zero-order valence-electron chi connectivity index (χ0n) is 10.5. The Labute approximate surface area is 97.5 Å². The van der Waals surface area contributed by atoms with E-state index in [0.29, 0.717) is 24.7 Å². The lowest BCUT2D eigenvalue weighted by molar-refractivity contribution is 0.0341. The number of carbonyl (C=O) groups is 1. The van der Waals surface area contributed by atoms with E-state index in [-0.39, 0.29) is 6.09 Å². The van der Waals surface area contributed by atoms with E-state index in [4.69, 9.17) is 4.74 Å². The lowest BCUT2D eigenvalue weighted by atomic mass is 10.1. The standard InChI is InChI=1S/C12H22N2O2/c1-4-16-12(15)14-10-5-6-11(14)8-13(7-10)9(2)3/h9-11H,4-8H2,1-3H3. The summed E-state index contributed by atoms with van der Waals surface area (Å²) in [5.41, 5.74) is 0. The summed E-state index contributed by atoms with van der Waals surface area (Å²) in [6.07, 6.45) is 2.15. The number of fused-ring (bicyclic) bond motifs is 2. The molecule has 0 spiro atoms. The third-order valence-electron chi connectivity index (χ3n) is 3.72. The fraction of sp³-hybridized carbons (Fsp3) is 0.917. The molecule has 1 amide bonds. The topological polar surface area (TPSA) is 32.8 Å². The average Bonchev–Trinajstić information content (AvgIpc) is 2.49. The summed E-state index contributed by atoms with van der Waals surface area (Å²) in [6.45, 7) is 8.80. The van der Waals surface area contributed by atoms with Crippen LogP contribution < -0.4 is 0 Å². The highest BCUT2D eigenvalue weighted by Crippen LogP contribution is 2.31. The van der Waals surface area contributed by atoms with Crippen LogP contribution in [0.15, 0.2) is 0 Å². The summed E-state index contributed by atoms with van der Waals surface area (Å²) < 4.78 is 5.13. The van der Waals surface area contributed by atoms with Crippen LogP contribution in [-0.4, -0.2) is 53.7 Å². The summed E-state index contributed by atoms with van der Waals surface area (Å²) in [6, 6.07) is 1.33. The molecule has 2 saturated heterocycles. The van der Waals surface area contributed by atoms with Gasteiger partial charge in [-0.25, -0.2) is 4.79 Å². The number of hydrogen-bond acceptors (Lipinski definition) is 3. The van der Waals surface area contributed by atoms with Gasteiger partial charge in [0.2, 0.25) is 0 Å². The predicted octanol–water partition coefficient (Wildman–Crippen LogP) is 1.70. The second-order valence-electron chi connectivity index (χ2n) is 5.04. The van der Waals surface area contributed by atoms with Crippen LogP contribution in [0.5, 0.6) is 0 Å². The minimum atomic E-state index is -0.113. The van der Waals surface area contributed by atoms with E-state index in [0.717, 1.165) is 25.9 Å². The second-order valence-corrected chi connectivity index (χ2v) is 5.04. The molecule has 2 aliphatic rings. The molecular formula is C12H22N2O2. The van der Waals surface area contributed by atoms with E-state index in [1.165, 1.54) is 0 Å². The molecule has 16 heavy (non-hydrogen) atoms. The molecular weight excluding hydrogens is 204 g/mol. The van der Waals surface area contributed by atoms with Crippen LogP contribution in [0.2, 0.25) is 0 Å². The molecule has 2 aliphatic heterocycles. The van der Waals surface area contributed by atoms with Crippen molar-refractivity contribution in [3.05, 3.63) is 0 Å².